The molecule has 2 rings (SSSR count). The molecule has 0 radical (unpaired) electrons. The molecule has 1 amide bonds. The van der Waals surface area contributed by atoms with Crippen LogP contribution in [0.4, 0.5) is 4.79 Å². The lowest BCUT2D eigenvalue weighted by Gasteiger charge is -2.38. The number of likely N-dealkylation sites (tertiary alicyclic amines) is 1. The van der Waals surface area contributed by atoms with Gasteiger partial charge in [0.25, 0.3) is 0 Å². The monoisotopic (exact) mass is 310 g/mol. The van der Waals surface area contributed by atoms with E-state index in [4.69, 9.17) is 11.2 Å². The minimum atomic E-state index is -0.564. The van der Waals surface area contributed by atoms with Gasteiger partial charge in [0.15, 0.2) is 0 Å². The second-order valence-electron chi connectivity index (χ2n) is 6.88. The van der Waals surface area contributed by atoms with E-state index in [1.54, 1.807) is 4.90 Å². The lowest BCUT2D eigenvalue weighted by molar-refractivity contribution is 0.0185. The van der Waals surface area contributed by atoms with Crippen molar-refractivity contribution in [3.8, 4) is 18.4 Å². The first-order valence-electron chi connectivity index (χ1n) is 7.76. The third-order valence-electron chi connectivity index (χ3n) is 4.09. The van der Waals surface area contributed by atoms with Crippen LogP contribution in [0.5, 0.6) is 0 Å². The van der Waals surface area contributed by atoms with E-state index in [0.29, 0.717) is 25.9 Å². The molecule has 4 nitrogen and oxygen atoms in total. The van der Waals surface area contributed by atoms with E-state index in [-0.39, 0.29) is 6.09 Å². The maximum Gasteiger partial charge on any atom is 0.410 e. The topological polar surface area (TPSA) is 53.3 Å². The molecule has 0 unspecified atom stereocenters. The predicted molar refractivity (Wildman–Crippen MR) is 88.7 cm³/mol. The number of carbonyl (C=O) groups excluding carboxylic acids is 1. The van der Waals surface area contributed by atoms with Gasteiger partial charge in [-0.15, -0.1) is 6.42 Å². The van der Waals surface area contributed by atoms with Crippen LogP contribution in [0.25, 0.3) is 0 Å². The Labute approximate surface area is 138 Å². The molecule has 1 fully saturated rings. The Hall–Kier alpha value is -2.46. The van der Waals surface area contributed by atoms with Crippen molar-refractivity contribution >= 4 is 6.09 Å². The van der Waals surface area contributed by atoms with Gasteiger partial charge in [-0.25, -0.2) is 4.79 Å². The number of nitriles is 1. The number of amides is 1. The standard InChI is InChI=1S/C19H22N2O2/c1-5-15-6-8-16(9-7-15)19(14-20)10-12-21(13-11-19)17(22)23-18(2,3)4/h1,6-9H,10-13H2,2-4H3. The Bertz CT molecular complexity index is 649. The van der Waals surface area contributed by atoms with Crippen molar-refractivity contribution in [1.29, 1.82) is 5.26 Å². The number of nitrogens with zero attached hydrogens (tertiary/aromatic N) is 2. The molecule has 1 saturated heterocycles. The molecule has 23 heavy (non-hydrogen) atoms. The van der Waals surface area contributed by atoms with Crippen molar-refractivity contribution in [2.75, 3.05) is 13.1 Å². The lowest BCUT2D eigenvalue weighted by Crippen LogP contribution is -2.46. The maximum atomic E-state index is 12.1. The summed E-state index contributed by atoms with van der Waals surface area (Å²) in [6.45, 7) is 6.57. The summed E-state index contributed by atoms with van der Waals surface area (Å²) in [5, 5.41) is 9.71. The zero-order chi connectivity index (χ0) is 17.1. The number of hydrogen-bond acceptors (Lipinski definition) is 3. The van der Waals surface area contributed by atoms with Crippen LogP contribution in [-0.4, -0.2) is 29.7 Å². The predicted octanol–water partition coefficient (Wildman–Crippen LogP) is 3.46. The number of ether oxygens (including phenoxy) is 1. The smallest absolute Gasteiger partial charge is 0.410 e. The number of rotatable bonds is 1. The SMILES string of the molecule is C#Cc1ccc(C2(C#N)CCN(C(=O)OC(C)(C)C)CC2)cc1. The summed E-state index contributed by atoms with van der Waals surface area (Å²) in [4.78, 5) is 13.8. The number of piperidine rings is 1. The van der Waals surface area contributed by atoms with Crippen molar-refractivity contribution in [1.82, 2.24) is 4.90 Å². The summed E-state index contributed by atoms with van der Waals surface area (Å²) >= 11 is 0. The molecule has 4 heteroatoms. The van der Waals surface area contributed by atoms with E-state index in [0.717, 1.165) is 11.1 Å². The Morgan fingerprint density at radius 3 is 2.26 bits per heavy atom. The van der Waals surface area contributed by atoms with Crippen LogP contribution in [0.2, 0.25) is 0 Å². The van der Waals surface area contributed by atoms with Gasteiger partial charge in [-0.05, 0) is 51.3 Å². The fourth-order valence-corrected chi connectivity index (χ4v) is 2.75. The zero-order valence-electron chi connectivity index (χ0n) is 13.9. The average Bonchev–Trinajstić information content (AvgIpc) is 2.53. The van der Waals surface area contributed by atoms with Crippen LogP contribution in [-0.2, 0) is 10.2 Å². The maximum absolute atomic E-state index is 12.1. The highest BCUT2D eigenvalue weighted by atomic mass is 16.6. The van der Waals surface area contributed by atoms with Gasteiger partial charge in [-0.1, -0.05) is 18.1 Å². The molecule has 1 aromatic carbocycles. The van der Waals surface area contributed by atoms with Gasteiger partial charge in [0.2, 0.25) is 0 Å². The highest BCUT2D eigenvalue weighted by Crippen LogP contribution is 2.35. The van der Waals surface area contributed by atoms with E-state index < -0.39 is 11.0 Å². The molecule has 1 aliphatic rings. The van der Waals surface area contributed by atoms with Gasteiger partial charge in [-0.2, -0.15) is 5.26 Å². The van der Waals surface area contributed by atoms with E-state index in [9.17, 15) is 10.1 Å². The summed E-state index contributed by atoms with van der Waals surface area (Å²) in [6, 6.07) is 10.00. The van der Waals surface area contributed by atoms with Crippen LogP contribution in [0.15, 0.2) is 24.3 Å². The minimum Gasteiger partial charge on any atom is -0.444 e. The van der Waals surface area contributed by atoms with Crippen LogP contribution in [0.1, 0.15) is 44.7 Å². The fourth-order valence-electron chi connectivity index (χ4n) is 2.75. The van der Waals surface area contributed by atoms with Crippen molar-refractivity contribution < 1.29 is 9.53 Å². The van der Waals surface area contributed by atoms with E-state index in [1.165, 1.54) is 0 Å². The zero-order valence-corrected chi connectivity index (χ0v) is 13.9. The van der Waals surface area contributed by atoms with Crippen LogP contribution in [0.3, 0.4) is 0 Å². The molecule has 0 spiro atoms. The average molecular weight is 310 g/mol. The van der Waals surface area contributed by atoms with Crippen LogP contribution >= 0.6 is 0 Å². The summed E-state index contributed by atoms with van der Waals surface area (Å²) in [5.74, 6) is 2.58. The van der Waals surface area contributed by atoms with Gasteiger partial charge in [-0.3, -0.25) is 0 Å². The number of benzene rings is 1. The first-order chi connectivity index (χ1) is 10.8. The normalized spacial score (nSPS) is 17.0. The summed E-state index contributed by atoms with van der Waals surface area (Å²) in [7, 11) is 0. The lowest BCUT2D eigenvalue weighted by atomic mass is 9.74. The molecule has 0 N–H and O–H groups in total. The third-order valence-corrected chi connectivity index (χ3v) is 4.09. The van der Waals surface area contributed by atoms with Gasteiger partial charge in [0, 0.05) is 18.7 Å². The second kappa shape index (κ2) is 6.34. The van der Waals surface area contributed by atoms with Crippen molar-refractivity contribution in [3.63, 3.8) is 0 Å². The number of carbonyl (C=O) groups is 1. The molecule has 1 aliphatic heterocycles. The number of terminal acetylenes is 1. The van der Waals surface area contributed by atoms with E-state index >= 15 is 0 Å². The quantitative estimate of drug-likeness (QED) is 0.746. The Morgan fingerprint density at radius 1 is 1.26 bits per heavy atom. The van der Waals surface area contributed by atoms with Crippen LogP contribution < -0.4 is 0 Å². The fraction of sp³-hybridized carbons (Fsp3) is 0.474. The second-order valence-corrected chi connectivity index (χ2v) is 6.88. The molecular formula is C19H22N2O2. The molecule has 0 atom stereocenters. The highest BCUT2D eigenvalue weighted by Gasteiger charge is 2.38. The molecular weight excluding hydrogens is 288 g/mol. The molecule has 0 saturated carbocycles. The molecule has 1 heterocycles. The third kappa shape index (κ3) is 3.85. The van der Waals surface area contributed by atoms with Crippen LogP contribution in [0, 0.1) is 23.7 Å². The summed E-state index contributed by atoms with van der Waals surface area (Å²) in [6.07, 6.45) is 6.25. The molecule has 0 aliphatic carbocycles. The Morgan fingerprint density at radius 2 is 1.83 bits per heavy atom. The van der Waals surface area contributed by atoms with Crippen molar-refractivity contribution in [2.24, 2.45) is 0 Å². The Balaban J connectivity index is 2.09. The highest BCUT2D eigenvalue weighted by molar-refractivity contribution is 5.68. The minimum absolute atomic E-state index is 0.313. The Kier molecular flexibility index (Phi) is 4.66. The van der Waals surface area contributed by atoms with Gasteiger partial charge in [0.1, 0.15) is 5.60 Å². The first-order valence-corrected chi connectivity index (χ1v) is 7.76. The van der Waals surface area contributed by atoms with E-state index in [1.807, 2.05) is 45.0 Å². The molecule has 0 aromatic heterocycles. The summed E-state index contributed by atoms with van der Waals surface area (Å²) in [5.41, 5.74) is 0.688. The number of hydrogen-bond donors (Lipinski definition) is 0. The first kappa shape index (κ1) is 16.9. The molecule has 0 bridgehead atoms. The van der Waals surface area contributed by atoms with E-state index in [2.05, 4.69) is 12.0 Å². The van der Waals surface area contributed by atoms with Crippen molar-refractivity contribution in [2.45, 2.75) is 44.6 Å². The molecule has 1 aromatic rings. The van der Waals surface area contributed by atoms with Gasteiger partial charge >= 0.3 is 6.09 Å². The summed E-state index contributed by atoms with van der Waals surface area (Å²) < 4.78 is 5.40. The largest absolute Gasteiger partial charge is 0.444 e. The van der Waals surface area contributed by atoms with Gasteiger partial charge < -0.3 is 9.64 Å². The molecule has 120 valence electrons. The van der Waals surface area contributed by atoms with Crippen molar-refractivity contribution in [3.05, 3.63) is 35.4 Å². The van der Waals surface area contributed by atoms with Gasteiger partial charge in [0.05, 0.1) is 11.5 Å².